The van der Waals surface area contributed by atoms with Crippen LogP contribution in [-0.4, -0.2) is 10.9 Å². The standard InChI is InChI=1S/C5H10N4S/c1-2-3-4-6-8-5(10)9-7-4/h2-3H2,1H3,(H,6,7)(H2,8,9,10). The fraction of sp³-hybridized carbons (Fsp3) is 0.600. The lowest BCUT2D eigenvalue weighted by Gasteiger charge is -2.16. The predicted molar refractivity (Wildman–Crippen MR) is 44.3 cm³/mol. The largest absolute Gasteiger partial charge is 0.284 e. The second-order valence-electron chi connectivity index (χ2n) is 2.00. The van der Waals surface area contributed by atoms with Gasteiger partial charge < -0.3 is 0 Å². The van der Waals surface area contributed by atoms with Gasteiger partial charge in [0.1, 0.15) is 5.84 Å². The van der Waals surface area contributed by atoms with E-state index in [-0.39, 0.29) is 0 Å². The molecule has 0 atom stereocenters. The Kier molecular flexibility index (Phi) is 2.44. The van der Waals surface area contributed by atoms with Crippen LogP contribution in [0, 0.1) is 0 Å². The summed E-state index contributed by atoms with van der Waals surface area (Å²) in [6.45, 7) is 2.09. The minimum absolute atomic E-state index is 0.514. The third kappa shape index (κ3) is 1.84. The quantitative estimate of drug-likeness (QED) is 0.498. The SMILES string of the molecule is CCCC1=NNC(=S)NN1. The lowest BCUT2D eigenvalue weighted by Crippen LogP contribution is -2.50. The Hall–Kier alpha value is -0.840. The van der Waals surface area contributed by atoms with Crippen molar-refractivity contribution < 1.29 is 0 Å². The third-order valence-corrected chi connectivity index (χ3v) is 1.29. The van der Waals surface area contributed by atoms with Gasteiger partial charge in [-0.3, -0.25) is 16.3 Å². The van der Waals surface area contributed by atoms with E-state index >= 15 is 0 Å². The summed E-state index contributed by atoms with van der Waals surface area (Å²) in [5.41, 5.74) is 8.29. The Morgan fingerprint density at radius 3 is 2.80 bits per heavy atom. The minimum Gasteiger partial charge on any atom is -0.284 e. The first kappa shape index (κ1) is 7.27. The van der Waals surface area contributed by atoms with E-state index in [1.165, 1.54) is 0 Å². The highest BCUT2D eigenvalue weighted by Gasteiger charge is 2.03. The summed E-state index contributed by atoms with van der Waals surface area (Å²) in [6.07, 6.45) is 2.00. The first-order chi connectivity index (χ1) is 4.83. The van der Waals surface area contributed by atoms with E-state index in [9.17, 15) is 0 Å². The maximum atomic E-state index is 4.75. The first-order valence-electron chi connectivity index (χ1n) is 3.21. The molecular weight excluding hydrogens is 148 g/mol. The highest BCUT2D eigenvalue weighted by Crippen LogP contribution is 1.89. The maximum absolute atomic E-state index is 4.75. The van der Waals surface area contributed by atoms with E-state index in [4.69, 9.17) is 12.2 Å². The van der Waals surface area contributed by atoms with Gasteiger partial charge >= 0.3 is 0 Å². The molecule has 0 spiro atoms. The second-order valence-corrected chi connectivity index (χ2v) is 2.41. The average molecular weight is 158 g/mol. The first-order valence-corrected chi connectivity index (χ1v) is 3.62. The monoisotopic (exact) mass is 158 g/mol. The molecule has 56 valence electrons. The summed E-state index contributed by atoms with van der Waals surface area (Å²) >= 11 is 4.75. The van der Waals surface area contributed by atoms with Crippen LogP contribution < -0.4 is 16.3 Å². The molecule has 1 aliphatic rings. The maximum Gasteiger partial charge on any atom is 0.205 e. The third-order valence-electron chi connectivity index (χ3n) is 1.10. The molecule has 0 amide bonds. The lowest BCUT2D eigenvalue weighted by atomic mass is 10.3. The van der Waals surface area contributed by atoms with Gasteiger partial charge in [0.05, 0.1) is 0 Å². The molecule has 0 saturated carbocycles. The molecule has 4 nitrogen and oxygen atoms in total. The van der Waals surface area contributed by atoms with Crippen LogP contribution in [0.1, 0.15) is 19.8 Å². The predicted octanol–water partition coefficient (Wildman–Crippen LogP) is 0.0823. The fourth-order valence-electron chi connectivity index (χ4n) is 0.658. The molecule has 0 saturated heterocycles. The number of rotatable bonds is 2. The van der Waals surface area contributed by atoms with Crippen LogP contribution >= 0.6 is 12.2 Å². The van der Waals surface area contributed by atoms with E-state index < -0.39 is 0 Å². The number of amidine groups is 1. The number of nitrogens with one attached hydrogen (secondary N) is 3. The molecule has 10 heavy (non-hydrogen) atoms. The van der Waals surface area contributed by atoms with Gasteiger partial charge in [0, 0.05) is 6.42 Å². The van der Waals surface area contributed by atoms with Crippen molar-refractivity contribution in [2.24, 2.45) is 5.10 Å². The number of hydrazine groups is 1. The number of hydrazone groups is 1. The van der Waals surface area contributed by atoms with Gasteiger partial charge in [0.25, 0.3) is 0 Å². The Balaban J connectivity index is 2.40. The van der Waals surface area contributed by atoms with E-state index in [1.54, 1.807) is 0 Å². The van der Waals surface area contributed by atoms with Crippen LogP contribution in [0.5, 0.6) is 0 Å². The van der Waals surface area contributed by atoms with E-state index in [1.807, 2.05) is 0 Å². The van der Waals surface area contributed by atoms with Gasteiger partial charge in [-0.25, -0.2) is 0 Å². The van der Waals surface area contributed by atoms with Gasteiger partial charge in [0.2, 0.25) is 5.11 Å². The summed E-state index contributed by atoms with van der Waals surface area (Å²) in [5, 5.41) is 4.47. The summed E-state index contributed by atoms with van der Waals surface area (Å²) in [5.74, 6) is 0.899. The lowest BCUT2D eigenvalue weighted by molar-refractivity contribution is 0.744. The van der Waals surface area contributed by atoms with Crippen molar-refractivity contribution in [2.45, 2.75) is 19.8 Å². The number of thiocarbonyl (C=S) groups is 1. The van der Waals surface area contributed by atoms with E-state index in [0.717, 1.165) is 18.7 Å². The molecule has 0 fully saturated rings. The number of nitrogens with zero attached hydrogens (tertiary/aromatic N) is 1. The topological polar surface area (TPSA) is 48.5 Å². The normalized spacial score (nSPS) is 16.5. The van der Waals surface area contributed by atoms with Crippen LogP contribution in [0.3, 0.4) is 0 Å². The van der Waals surface area contributed by atoms with Gasteiger partial charge in [-0.15, -0.1) is 0 Å². The van der Waals surface area contributed by atoms with Crippen LogP contribution in [-0.2, 0) is 0 Å². The van der Waals surface area contributed by atoms with Crippen molar-refractivity contribution in [3.63, 3.8) is 0 Å². The summed E-state index contributed by atoms with van der Waals surface area (Å²) in [7, 11) is 0. The molecule has 0 aromatic heterocycles. The highest BCUT2D eigenvalue weighted by atomic mass is 32.1. The van der Waals surface area contributed by atoms with Gasteiger partial charge in [-0.05, 0) is 18.6 Å². The van der Waals surface area contributed by atoms with Crippen molar-refractivity contribution in [3.8, 4) is 0 Å². The van der Waals surface area contributed by atoms with Crippen LogP contribution in [0.2, 0.25) is 0 Å². The molecule has 0 radical (unpaired) electrons. The molecule has 1 rings (SSSR count). The molecule has 1 heterocycles. The Morgan fingerprint density at radius 1 is 1.50 bits per heavy atom. The second kappa shape index (κ2) is 3.36. The highest BCUT2D eigenvalue weighted by molar-refractivity contribution is 7.80. The fourth-order valence-corrected chi connectivity index (χ4v) is 0.755. The number of hydrogen-bond acceptors (Lipinski definition) is 3. The summed E-state index contributed by atoms with van der Waals surface area (Å²) in [6, 6.07) is 0. The smallest absolute Gasteiger partial charge is 0.205 e. The zero-order valence-corrected chi connectivity index (χ0v) is 6.59. The van der Waals surface area contributed by atoms with E-state index in [0.29, 0.717) is 5.11 Å². The summed E-state index contributed by atoms with van der Waals surface area (Å²) < 4.78 is 0. The van der Waals surface area contributed by atoms with Crippen LogP contribution in [0.25, 0.3) is 0 Å². The zero-order chi connectivity index (χ0) is 7.40. The summed E-state index contributed by atoms with van der Waals surface area (Å²) in [4.78, 5) is 0. The van der Waals surface area contributed by atoms with Crippen LogP contribution in [0.4, 0.5) is 0 Å². The minimum atomic E-state index is 0.514. The molecule has 3 N–H and O–H groups in total. The Bertz CT molecular complexity index is 165. The Morgan fingerprint density at radius 2 is 2.30 bits per heavy atom. The van der Waals surface area contributed by atoms with Crippen molar-refractivity contribution in [1.29, 1.82) is 0 Å². The molecule has 5 heteroatoms. The van der Waals surface area contributed by atoms with Gasteiger partial charge in [0.15, 0.2) is 0 Å². The van der Waals surface area contributed by atoms with Crippen molar-refractivity contribution >= 4 is 23.2 Å². The van der Waals surface area contributed by atoms with Gasteiger partial charge in [-0.2, -0.15) is 5.10 Å². The molecule has 0 unspecified atom stereocenters. The molecule has 0 aromatic rings. The molecular formula is C5H10N4S. The molecule has 0 bridgehead atoms. The molecule has 0 aromatic carbocycles. The van der Waals surface area contributed by atoms with Gasteiger partial charge in [-0.1, -0.05) is 6.92 Å². The average Bonchev–Trinajstić information content (AvgIpc) is 1.95. The van der Waals surface area contributed by atoms with Crippen molar-refractivity contribution in [3.05, 3.63) is 0 Å². The number of hydrogen-bond donors (Lipinski definition) is 3. The van der Waals surface area contributed by atoms with Crippen molar-refractivity contribution in [1.82, 2.24) is 16.3 Å². The zero-order valence-electron chi connectivity index (χ0n) is 5.77. The van der Waals surface area contributed by atoms with Crippen LogP contribution in [0.15, 0.2) is 5.10 Å². The van der Waals surface area contributed by atoms with Crippen molar-refractivity contribution in [2.75, 3.05) is 0 Å². The molecule has 0 aliphatic carbocycles. The Labute approximate surface area is 65.0 Å². The molecule has 1 aliphatic heterocycles. The van der Waals surface area contributed by atoms with E-state index in [2.05, 4.69) is 28.3 Å².